The zero-order valence-electron chi connectivity index (χ0n) is 14.9. The number of rotatable bonds is 6. The molecule has 0 saturated carbocycles. The Morgan fingerprint density at radius 2 is 2.28 bits per heavy atom. The number of amidine groups is 1. The van der Waals surface area contributed by atoms with E-state index in [1.807, 2.05) is 19.9 Å². The predicted octanol–water partition coefficient (Wildman–Crippen LogP) is 2.72. The largest absolute Gasteiger partial charge is 0.507 e. The molecule has 0 aromatic heterocycles. The minimum Gasteiger partial charge on any atom is -0.507 e. The van der Waals surface area contributed by atoms with E-state index in [0.29, 0.717) is 18.6 Å². The lowest BCUT2D eigenvalue weighted by Crippen LogP contribution is -2.46. The monoisotopic (exact) mass is 345 g/mol. The molecule has 1 aromatic carbocycles. The Labute approximate surface area is 149 Å². The van der Waals surface area contributed by atoms with Gasteiger partial charge in [0.15, 0.2) is 6.29 Å². The van der Waals surface area contributed by atoms with Crippen LogP contribution in [0.4, 0.5) is 0 Å². The molecular weight excluding hydrogens is 318 g/mol. The fraction of sp³-hybridized carbons (Fsp3) is 0.474. The molecule has 0 radical (unpaired) electrons. The molecule has 1 fully saturated rings. The number of aliphatic imine (C=N–C) groups is 1. The van der Waals surface area contributed by atoms with Crippen molar-refractivity contribution in [2.75, 3.05) is 13.2 Å². The summed E-state index contributed by atoms with van der Waals surface area (Å²) in [6.45, 7) is 5.37. The van der Waals surface area contributed by atoms with E-state index in [4.69, 9.17) is 10.5 Å². The number of hydrogen-bond acceptors (Lipinski definition) is 5. The van der Waals surface area contributed by atoms with Crippen molar-refractivity contribution in [2.24, 2.45) is 10.7 Å². The smallest absolute Gasteiger partial charge is 0.157 e. The highest BCUT2D eigenvalue weighted by atomic mass is 16.5. The first-order chi connectivity index (χ1) is 12.1. The summed E-state index contributed by atoms with van der Waals surface area (Å²) in [6, 6.07) is 5.15. The molecule has 0 unspecified atom stereocenters. The summed E-state index contributed by atoms with van der Waals surface area (Å²) < 4.78 is 5.87. The van der Waals surface area contributed by atoms with Crippen LogP contribution in [0, 0.1) is 0 Å². The maximum Gasteiger partial charge on any atom is 0.157 e. The van der Waals surface area contributed by atoms with Gasteiger partial charge in [-0.1, -0.05) is 6.07 Å². The number of phenols is 1. The molecule has 2 rings (SSSR count). The number of carbonyl (C=O) groups is 1. The Morgan fingerprint density at radius 1 is 1.48 bits per heavy atom. The zero-order chi connectivity index (χ0) is 18.2. The first-order valence-corrected chi connectivity index (χ1v) is 8.69. The highest BCUT2D eigenvalue weighted by Crippen LogP contribution is 2.27. The second-order valence-corrected chi connectivity index (χ2v) is 6.40. The van der Waals surface area contributed by atoms with Gasteiger partial charge in [0.1, 0.15) is 23.9 Å². The second-order valence-electron chi connectivity index (χ2n) is 6.40. The molecule has 1 saturated heterocycles. The van der Waals surface area contributed by atoms with Gasteiger partial charge in [0.05, 0.1) is 11.6 Å². The topological polar surface area (TPSA) is 88.2 Å². The molecule has 0 bridgehead atoms. The van der Waals surface area contributed by atoms with Crippen LogP contribution in [0.1, 0.15) is 43.5 Å². The van der Waals surface area contributed by atoms with Crippen molar-refractivity contribution in [2.45, 2.75) is 45.2 Å². The third kappa shape index (κ3) is 4.98. The van der Waals surface area contributed by atoms with Gasteiger partial charge in [0, 0.05) is 12.6 Å². The molecule has 1 aliphatic rings. The summed E-state index contributed by atoms with van der Waals surface area (Å²) in [5, 5.41) is 9.77. The van der Waals surface area contributed by atoms with E-state index in [-0.39, 0.29) is 23.4 Å². The number of likely N-dealkylation sites (tertiary alicyclic amines) is 1. The Kier molecular flexibility index (Phi) is 6.86. The van der Waals surface area contributed by atoms with E-state index in [0.717, 1.165) is 31.6 Å². The summed E-state index contributed by atoms with van der Waals surface area (Å²) in [5.74, 6) is 1.19. The molecule has 3 N–H and O–H groups in total. The molecule has 25 heavy (non-hydrogen) atoms. The van der Waals surface area contributed by atoms with Crippen LogP contribution in [0.3, 0.4) is 0 Å². The first-order valence-electron chi connectivity index (χ1n) is 8.69. The Bertz CT molecular complexity index is 641. The minimum absolute atomic E-state index is 0.0684. The fourth-order valence-corrected chi connectivity index (χ4v) is 3.00. The van der Waals surface area contributed by atoms with Crippen LogP contribution in [-0.2, 0) is 0 Å². The highest BCUT2D eigenvalue weighted by Gasteiger charge is 2.25. The van der Waals surface area contributed by atoms with Crippen molar-refractivity contribution in [1.82, 2.24) is 4.90 Å². The number of benzene rings is 1. The summed E-state index contributed by atoms with van der Waals surface area (Å²) >= 11 is 0. The van der Waals surface area contributed by atoms with Gasteiger partial charge in [-0.3, -0.25) is 9.79 Å². The highest BCUT2D eigenvalue weighted by molar-refractivity contribution is 5.93. The third-order valence-corrected chi connectivity index (χ3v) is 4.15. The average Bonchev–Trinajstić information content (AvgIpc) is 2.59. The van der Waals surface area contributed by atoms with E-state index in [1.54, 1.807) is 12.1 Å². The van der Waals surface area contributed by atoms with Gasteiger partial charge in [-0.05, 0) is 57.5 Å². The SMILES string of the molecule is CC(C)N=C(C=CN)N1CCCC[C@H]1COc1cccc(O)c1C=O. The Hall–Kier alpha value is -2.50. The number of phenolic OH excluding ortho intramolecular Hbond substituents is 1. The minimum atomic E-state index is -0.0684. The Balaban J connectivity index is 2.16. The standard InChI is InChI=1S/C19H27N3O3/c1-14(2)21-19(9-10-20)22-11-4-3-6-15(22)13-25-18-8-5-7-17(24)16(18)12-23/h5,7-10,12,14-15,24H,3-4,6,11,13,20H2,1-2H3/t15-/m0/s1. The summed E-state index contributed by atoms with van der Waals surface area (Å²) in [7, 11) is 0. The van der Waals surface area contributed by atoms with Gasteiger partial charge in [-0.25, -0.2) is 0 Å². The van der Waals surface area contributed by atoms with Crippen molar-refractivity contribution in [3.63, 3.8) is 0 Å². The third-order valence-electron chi connectivity index (χ3n) is 4.15. The number of piperidine rings is 1. The van der Waals surface area contributed by atoms with E-state index in [2.05, 4.69) is 9.89 Å². The van der Waals surface area contributed by atoms with Crippen LogP contribution in [0.2, 0.25) is 0 Å². The number of hydrogen-bond donors (Lipinski definition) is 2. The zero-order valence-corrected chi connectivity index (χ0v) is 14.9. The lowest BCUT2D eigenvalue weighted by atomic mass is 10.0. The van der Waals surface area contributed by atoms with Gasteiger partial charge in [0.2, 0.25) is 0 Å². The lowest BCUT2D eigenvalue weighted by Gasteiger charge is -2.37. The summed E-state index contributed by atoms with van der Waals surface area (Å²) in [6.07, 6.45) is 7.14. The fourth-order valence-electron chi connectivity index (χ4n) is 3.00. The number of nitrogens with two attached hydrogens (primary N) is 1. The molecule has 0 aliphatic carbocycles. The lowest BCUT2D eigenvalue weighted by molar-refractivity contribution is 0.111. The number of aldehydes is 1. The summed E-state index contributed by atoms with van der Waals surface area (Å²) in [4.78, 5) is 18.1. The van der Waals surface area contributed by atoms with Crippen molar-refractivity contribution in [1.29, 1.82) is 0 Å². The second kappa shape index (κ2) is 9.11. The molecule has 6 heteroatoms. The normalized spacial score (nSPS) is 18.8. The van der Waals surface area contributed by atoms with Crippen LogP contribution in [-0.4, -0.2) is 47.4 Å². The molecule has 6 nitrogen and oxygen atoms in total. The maximum atomic E-state index is 11.2. The number of carbonyl (C=O) groups excluding carboxylic acids is 1. The predicted molar refractivity (Wildman–Crippen MR) is 99.2 cm³/mol. The van der Waals surface area contributed by atoms with E-state index < -0.39 is 0 Å². The Morgan fingerprint density at radius 3 is 2.96 bits per heavy atom. The van der Waals surface area contributed by atoms with Crippen LogP contribution in [0.5, 0.6) is 11.5 Å². The van der Waals surface area contributed by atoms with Gasteiger partial charge >= 0.3 is 0 Å². The van der Waals surface area contributed by atoms with E-state index in [9.17, 15) is 9.90 Å². The van der Waals surface area contributed by atoms with Gasteiger partial charge < -0.3 is 20.5 Å². The molecule has 1 aromatic rings. The van der Waals surface area contributed by atoms with Gasteiger partial charge in [-0.2, -0.15) is 0 Å². The van der Waals surface area contributed by atoms with E-state index >= 15 is 0 Å². The molecule has 1 atom stereocenters. The maximum absolute atomic E-state index is 11.2. The van der Waals surface area contributed by atoms with Crippen LogP contribution in [0.15, 0.2) is 35.5 Å². The van der Waals surface area contributed by atoms with Crippen molar-refractivity contribution >= 4 is 12.1 Å². The summed E-state index contributed by atoms with van der Waals surface area (Å²) in [5.41, 5.74) is 5.77. The molecule has 0 amide bonds. The number of aromatic hydroxyl groups is 1. The van der Waals surface area contributed by atoms with Crippen LogP contribution >= 0.6 is 0 Å². The number of nitrogens with zero attached hydrogens (tertiary/aromatic N) is 2. The van der Waals surface area contributed by atoms with E-state index in [1.165, 1.54) is 12.3 Å². The molecule has 1 aliphatic heterocycles. The molecule has 1 heterocycles. The number of ether oxygens (including phenoxy) is 1. The quantitative estimate of drug-likeness (QED) is 0.470. The van der Waals surface area contributed by atoms with Gasteiger partial charge in [0.25, 0.3) is 0 Å². The van der Waals surface area contributed by atoms with Crippen molar-refractivity contribution < 1.29 is 14.6 Å². The first kappa shape index (κ1) is 18.8. The van der Waals surface area contributed by atoms with Gasteiger partial charge in [-0.15, -0.1) is 0 Å². The average molecular weight is 345 g/mol. The molecule has 136 valence electrons. The molecule has 0 spiro atoms. The van der Waals surface area contributed by atoms with Crippen LogP contribution in [0.25, 0.3) is 0 Å². The van der Waals surface area contributed by atoms with Crippen LogP contribution < -0.4 is 10.5 Å². The molecular formula is C19H27N3O3. The van der Waals surface area contributed by atoms with Crippen molar-refractivity contribution in [3.8, 4) is 11.5 Å². The van der Waals surface area contributed by atoms with Crippen molar-refractivity contribution in [3.05, 3.63) is 36.0 Å².